The molecule has 2 nitrogen and oxygen atoms in total. The molecule has 0 aromatic carbocycles. The fourth-order valence-corrected chi connectivity index (χ4v) is 2.64. The molecule has 0 saturated carbocycles. The Bertz CT molecular complexity index is 202. The number of imidazole rings is 1. The number of thioether (sulfide) groups is 1. The molecule has 2 heterocycles. The van der Waals surface area contributed by atoms with E-state index in [1.54, 1.807) is 6.33 Å². The highest BCUT2D eigenvalue weighted by Crippen LogP contribution is 2.29. The lowest BCUT2D eigenvalue weighted by Crippen LogP contribution is -2.08. The highest BCUT2D eigenvalue weighted by molar-refractivity contribution is 7.99. The van der Waals surface area contributed by atoms with E-state index in [1.807, 2.05) is 6.20 Å². The summed E-state index contributed by atoms with van der Waals surface area (Å²) in [5, 5.41) is 0. The Kier molecular flexibility index (Phi) is 2.17. The quantitative estimate of drug-likeness (QED) is 0.695. The first-order valence-electron chi connectivity index (χ1n) is 4.03. The number of nitrogens with zero attached hydrogens (tertiary/aromatic N) is 1. The Morgan fingerprint density at radius 2 is 2.64 bits per heavy atom. The van der Waals surface area contributed by atoms with Crippen LogP contribution < -0.4 is 0 Å². The minimum atomic E-state index is 0.733. The van der Waals surface area contributed by atoms with Crippen molar-refractivity contribution in [2.75, 3.05) is 11.5 Å². The van der Waals surface area contributed by atoms with Crippen molar-refractivity contribution in [1.29, 1.82) is 0 Å². The van der Waals surface area contributed by atoms with Crippen molar-refractivity contribution in [3.8, 4) is 0 Å². The van der Waals surface area contributed by atoms with E-state index in [-0.39, 0.29) is 0 Å². The number of hydrogen-bond acceptors (Lipinski definition) is 2. The predicted molar refractivity (Wildman–Crippen MR) is 47.9 cm³/mol. The summed E-state index contributed by atoms with van der Waals surface area (Å²) >= 11 is 2.05. The van der Waals surface area contributed by atoms with Crippen LogP contribution in [-0.4, -0.2) is 21.5 Å². The summed E-state index contributed by atoms with van der Waals surface area (Å²) < 4.78 is 0. The van der Waals surface area contributed by atoms with E-state index >= 15 is 0 Å². The maximum absolute atomic E-state index is 4.03. The molecular formula is C8H12N2S. The third kappa shape index (κ3) is 1.59. The van der Waals surface area contributed by atoms with Crippen LogP contribution in [0.5, 0.6) is 0 Å². The SMILES string of the molecule is c1ncc(C2CCCSC2)[nH]1. The van der Waals surface area contributed by atoms with Gasteiger partial charge in [-0.15, -0.1) is 0 Å². The van der Waals surface area contributed by atoms with E-state index in [4.69, 9.17) is 0 Å². The number of hydrogen-bond donors (Lipinski definition) is 1. The summed E-state index contributed by atoms with van der Waals surface area (Å²) in [5.41, 5.74) is 1.32. The zero-order valence-electron chi connectivity index (χ0n) is 6.42. The molecule has 1 N–H and O–H groups in total. The number of H-pyrrole nitrogens is 1. The monoisotopic (exact) mass is 168 g/mol. The summed E-state index contributed by atoms with van der Waals surface area (Å²) in [4.78, 5) is 7.21. The molecule has 1 unspecified atom stereocenters. The van der Waals surface area contributed by atoms with Gasteiger partial charge in [-0.05, 0) is 18.6 Å². The van der Waals surface area contributed by atoms with Crippen LogP contribution in [0.1, 0.15) is 24.5 Å². The van der Waals surface area contributed by atoms with Crippen molar-refractivity contribution in [3.05, 3.63) is 18.2 Å². The lowest BCUT2D eigenvalue weighted by Gasteiger charge is -2.19. The fourth-order valence-electron chi connectivity index (χ4n) is 1.48. The highest BCUT2D eigenvalue weighted by atomic mass is 32.2. The second kappa shape index (κ2) is 3.30. The van der Waals surface area contributed by atoms with E-state index in [9.17, 15) is 0 Å². The van der Waals surface area contributed by atoms with Crippen LogP contribution in [-0.2, 0) is 0 Å². The van der Waals surface area contributed by atoms with Gasteiger partial charge < -0.3 is 4.98 Å². The van der Waals surface area contributed by atoms with Crippen LogP contribution in [0.15, 0.2) is 12.5 Å². The van der Waals surface area contributed by atoms with Gasteiger partial charge in [-0.1, -0.05) is 0 Å². The third-order valence-electron chi connectivity index (χ3n) is 2.12. The Morgan fingerprint density at radius 1 is 1.64 bits per heavy atom. The van der Waals surface area contributed by atoms with E-state index in [0.717, 1.165) is 5.92 Å². The predicted octanol–water partition coefficient (Wildman–Crippen LogP) is 2.02. The number of nitrogens with one attached hydrogen (secondary N) is 1. The second-order valence-corrected chi connectivity index (χ2v) is 4.07. The van der Waals surface area contributed by atoms with Gasteiger partial charge in [0.2, 0.25) is 0 Å². The van der Waals surface area contributed by atoms with Gasteiger partial charge in [0, 0.05) is 23.6 Å². The lowest BCUT2D eigenvalue weighted by atomic mass is 10.0. The average Bonchev–Trinajstić information content (AvgIpc) is 2.58. The van der Waals surface area contributed by atoms with Crippen molar-refractivity contribution < 1.29 is 0 Å². The molecule has 0 bridgehead atoms. The van der Waals surface area contributed by atoms with E-state index in [1.165, 1.54) is 30.0 Å². The molecule has 11 heavy (non-hydrogen) atoms. The Labute approximate surface area is 70.8 Å². The molecule has 1 aliphatic heterocycles. The standard InChI is InChI=1S/C8H12N2S/c1-2-7(5-11-3-1)8-4-9-6-10-8/h4,6-7H,1-3,5H2,(H,9,10). The molecule has 0 spiro atoms. The lowest BCUT2D eigenvalue weighted by molar-refractivity contribution is 0.646. The fraction of sp³-hybridized carbons (Fsp3) is 0.625. The zero-order valence-corrected chi connectivity index (χ0v) is 7.23. The van der Waals surface area contributed by atoms with E-state index in [0.29, 0.717) is 0 Å². The minimum absolute atomic E-state index is 0.733. The van der Waals surface area contributed by atoms with Crippen LogP contribution in [0.25, 0.3) is 0 Å². The first-order valence-corrected chi connectivity index (χ1v) is 5.18. The molecule has 1 aliphatic rings. The topological polar surface area (TPSA) is 28.7 Å². The molecule has 0 aliphatic carbocycles. The minimum Gasteiger partial charge on any atom is -0.348 e. The number of rotatable bonds is 1. The first-order chi connectivity index (χ1) is 5.47. The second-order valence-electron chi connectivity index (χ2n) is 2.92. The highest BCUT2D eigenvalue weighted by Gasteiger charge is 2.16. The summed E-state index contributed by atoms with van der Waals surface area (Å²) in [6.45, 7) is 0. The van der Waals surface area contributed by atoms with Gasteiger partial charge >= 0.3 is 0 Å². The van der Waals surface area contributed by atoms with Crippen molar-refractivity contribution in [2.24, 2.45) is 0 Å². The molecule has 0 amide bonds. The Balaban J connectivity index is 2.04. The smallest absolute Gasteiger partial charge is 0.0921 e. The van der Waals surface area contributed by atoms with Gasteiger partial charge in [0.25, 0.3) is 0 Å². The van der Waals surface area contributed by atoms with Crippen molar-refractivity contribution in [2.45, 2.75) is 18.8 Å². The third-order valence-corrected chi connectivity index (χ3v) is 3.33. The zero-order chi connectivity index (χ0) is 7.52. The summed E-state index contributed by atoms with van der Waals surface area (Å²) in [7, 11) is 0. The average molecular weight is 168 g/mol. The van der Waals surface area contributed by atoms with Crippen molar-refractivity contribution in [3.63, 3.8) is 0 Å². The normalized spacial score (nSPS) is 25.3. The molecular weight excluding hydrogens is 156 g/mol. The molecule has 2 rings (SSSR count). The molecule has 1 fully saturated rings. The van der Waals surface area contributed by atoms with Gasteiger partial charge in [0.05, 0.1) is 6.33 Å². The van der Waals surface area contributed by atoms with Gasteiger partial charge in [0.1, 0.15) is 0 Å². The number of aromatic nitrogens is 2. The van der Waals surface area contributed by atoms with Crippen LogP contribution in [0.3, 0.4) is 0 Å². The van der Waals surface area contributed by atoms with Gasteiger partial charge in [-0.25, -0.2) is 4.98 Å². The Hall–Kier alpha value is -0.440. The number of aromatic amines is 1. The molecule has 3 heteroatoms. The molecule has 1 saturated heterocycles. The van der Waals surface area contributed by atoms with Crippen molar-refractivity contribution >= 4 is 11.8 Å². The molecule has 0 radical (unpaired) electrons. The molecule has 1 atom stereocenters. The Morgan fingerprint density at radius 3 is 3.27 bits per heavy atom. The van der Waals surface area contributed by atoms with Gasteiger partial charge in [0.15, 0.2) is 0 Å². The van der Waals surface area contributed by atoms with Crippen molar-refractivity contribution in [1.82, 2.24) is 9.97 Å². The molecule has 60 valence electrons. The van der Waals surface area contributed by atoms with Crippen LogP contribution in [0.4, 0.5) is 0 Å². The van der Waals surface area contributed by atoms with E-state index in [2.05, 4.69) is 21.7 Å². The molecule has 1 aromatic rings. The van der Waals surface area contributed by atoms with Gasteiger partial charge in [-0.3, -0.25) is 0 Å². The first kappa shape index (κ1) is 7.22. The van der Waals surface area contributed by atoms with E-state index < -0.39 is 0 Å². The summed E-state index contributed by atoms with van der Waals surface area (Å²) in [6, 6.07) is 0. The van der Waals surface area contributed by atoms with Crippen LogP contribution in [0, 0.1) is 0 Å². The maximum atomic E-state index is 4.03. The summed E-state index contributed by atoms with van der Waals surface area (Å²) in [5.74, 6) is 3.34. The van der Waals surface area contributed by atoms with Crippen LogP contribution in [0.2, 0.25) is 0 Å². The largest absolute Gasteiger partial charge is 0.348 e. The maximum Gasteiger partial charge on any atom is 0.0921 e. The van der Waals surface area contributed by atoms with Crippen LogP contribution >= 0.6 is 11.8 Å². The molecule has 1 aromatic heterocycles. The summed E-state index contributed by atoms with van der Waals surface area (Å²) in [6.07, 6.45) is 6.41. The van der Waals surface area contributed by atoms with Gasteiger partial charge in [-0.2, -0.15) is 11.8 Å².